The van der Waals surface area contributed by atoms with Crippen LogP contribution in [0.2, 0.25) is 5.02 Å². The van der Waals surface area contributed by atoms with Crippen molar-refractivity contribution < 1.29 is 23.4 Å². The molecular formula is C30H30ClFN6O4. The summed E-state index contributed by atoms with van der Waals surface area (Å²) in [7, 11) is 1.73. The summed E-state index contributed by atoms with van der Waals surface area (Å²) in [6.07, 6.45) is 3.76. The molecule has 218 valence electrons. The summed E-state index contributed by atoms with van der Waals surface area (Å²) in [5, 5.41) is 7.08. The smallest absolute Gasteiger partial charge is 0.247 e. The van der Waals surface area contributed by atoms with Crippen molar-refractivity contribution >= 4 is 45.6 Å². The van der Waals surface area contributed by atoms with Gasteiger partial charge in [-0.05, 0) is 48.9 Å². The van der Waals surface area contributed by atoms with Crippen LogP contribution < -0.4 is 20.1 Å². The van der Waals surface area contributed by atoms with Gasteiger partial charge in [0.05, 0.1) is 34.6 Å². The molecule has 0 atom stereocenters. The first kappa shape index (κ1) is 29.2. The molecule has 0 spiro atoms. The quantitative estimate of drug-likeness (QED) is 0.120. The summed E-state index contributed by atoms with van der Waals surface area (Å²) in [5.74, 6) is 0.475. The number of carbonyl (C=O) groups is 1. The molecule has 0 unspecified atom stereocenters. The third-order valence-corrected chi connectivity index (χ3v) is 6.95. The zero-order chi connectivity index (χ0) is 29.5. The molecule has 0 saturated carbocycles. The van der Waals surface area contributed by atoms with Crippen molar-refractivity contribution in [2.24, 2.45) is 0 Å². The highest BCUT2D eigenvalue weighted by atomic mass is 35.5. The maximum atomic E-state index is 13.4. The zero-order valence-corrected chi connectivity index (χ0v) is 23.7. The number of halogens is 2. The Kier molecular flexibility index (Phi) is 9.42. The number of anilines is 3. The van der Waals surface area contributed by atoms with E-state index < -0.39 is 5.95 Å². The van der Waals surface area contributed by atoms with Crippen molar-refractivity contribution in [3.63, 3.8) is 0 Å². The van der Waals surface area contributed by atoms with Crippen molar-refractivity contribution in [3.05, 3.63) is 84.2 Å². The molecule has 1 saturated heterocycles. The standard InChI is InChI=1S/C30H30ClFN6O4/c1-3-29(39)37-25-13-22-24(14-27(25)41-11-5-10-38-15-21(16-38)40-2)33-18-34-30(22)36-19-8-9-26(23(31)12-19)42-17-20-6-4-7-28(32)35-20/h3-4,6-9,12-14,18,21H,1,5,10-11,15-17H2,2H3,(H,37,39)(H,33,34,36). The van der Waals surface area contributed by atoms with Crippen LogP contribution in [0.4, 0.5) is 21.6 Å². The number of methoxy groups -OCH3 is 1. The van der Waals surface area contributed by atoms with Gasteiger partial charge in [-0.3, -0.25) is 9.69 Å². The van der Waals surface area contributed by atoms with Gasteiger partial charge in [0.15, 0.2) is 0 Å². The van der Waals surface area contributed by atoms with E-state index >= 15 is 0 Å². The number of carbonyl (C=O) groups excluding carboxylic acids is 1. The van der Waals surface area contributed by atoms with E-state index in [1.54, 1.807) is 49.6 Å². The first-order valence-corrected chi connectivity index (χ1v) is 13.7. The molecule has 3 heterocycles. The summed E-state index contributed by atoms with van der Waals surface area (Å²) in [6.45, 7) is 6.82. The van der Waals surface area contributed by atoms with Crippen LogP contribution in [0.15, 0.2) is 67.5 Å². The lowest BCUT2D eigenvalue weighted by Crippen LogP contribution is -2.51. The summed E-state index contributed by atoms with van der Waals surface area (Å²) in [4.78, 5) is 27.1. The number of amides is 1. The Hall–Kier alpha value is -4.32. The van der Waals surface area contributed by atoms with Crippen molar-refractivity contribution in [1.82, 2.24) is 19.9 Å². The first-order chi connectivity index (χ1) is 20.4. The van der Waals surface area contributed by atoms with Crippen LogP contribution in [0.25, 0.3) is 10.9 Å². The highest BCUT2D eigenvalue weighted by Gasteiger charge is 2.25. The van der Waals surface area contributed by atoms with Gasteiger partial charge in [-0.25, -0.2) is 15.0 Å². The minimum absolute atomic E-state index is 0.0664. The van der Waals surface area contributed by atoms with Crippen LogP contribution in [-0.4, -0.2) is 65.2 Å². The molecule has 0 aliphatic carbocycles. The van der Waals surface area contributed by atoms with Gasteiger partial charge < -0.3 is 24.8 Å². The zero-order valence-electron chi connectivity index (χ0n) is 23.0. The molecule has 2 aromatic heterocycles. The Bertz CT molecular complexity index is 1580. The molecule has 1 amide bonds. The predicted octanol–water partition coefficient (Wildman–Crippen LogP) is 5.36. The second-order valence-corrected chi connectivity index (χ2v) is 10.0. The van der Waals surface area contributed by atoms with E-state index in [-0.39, 0.29) is 12.5 Å². The highest BCUT2D eigenvalue weighted by Crippen LogP contribution is 2.35. The van der Waals surface area contributed by atoms with Crippen LogP contribution in [0, 0.1) is 5.95 Å². The number of pyridine rings is 1. The number of nitrogens with one attached hydrogen (secondary N) is 2. The van der Waals surface area contributed by atoms with Crippen molar-refractivity contribution in [1.29, 1.82) is 0 Å². The maximum absolute atomic E-state index is 13.4. The van der Waals surface area contributed by atoms with E-state index in [9.17, 15) is 9.18 Å². The average molecular weight is 593 g/mol. The van der Waals surface area contributed by atoms with Gasteiger partial charge in [-0.15, -0.1) is 0 Å². The lowest BCUT2D eigenvalue weighted by molar-refractivity contribution is -0.111. The number of hydrogen-bond acceptors (Lipinski definition) is 9. The van der Waals surface area contributed by atoms with E-state index in [2.05, 4.69) is 37.1 Å². The molecule has 2 aromatic carbocycles. The SMILES string of the molecule is C=CC(=O)Nc1cc2c(Nc3ccc(OCc4cccc(F)n4)c(Cl)c3)ncnc2cc1OCCCN1CC(OC)C1. The number of nitrogens with zero attached hydrogens (tertiary/aromatic N) is 4. The van der Waals surface area contributed by atoms with Crippen LogP contribution in [0.3, 0.4) is 0 Å². The maximum Gasteiger partial charge on any atom is 0.247 e. The van der Waals surface area contributed by atoms with E-state index in [4.69, 9.17) is 25.8 Å². The number of aromatic nitrogens is 3. The Morgan fingerprint density at radius 3 is 2.79 bits per heavy atom. The molecule has 2 N–H and O–H groups in total. The summed E-state index contributed by atoms with van der Waals surface area (Å²) < 4.78 is 30.5. The van der Waals surface area contributed by atoms with Gasteiger partial charge in [-0.1, -0.05) is 24.2 Å². The summed E-state index contributed by atoms with van der Waals surface area (Å²) in [6, 6.07) is 13.2. The molecule has 1 aliphatic heterocycles. The van der Waals surface area contributed by atoms with Crippen molar-refractivity contribution in [2.75, 3.05) is 44.0 Å². The van der Waals surface area contributed by atoms with Gasteiger partial charge in [0.25, 0.3) is 0 Å². The van der Waals surface area contributed by atoms with Crippen molar-refractivity contribution in [3.8, 4) is 11.5 Å². The van der Waals surface area contributed by atoms with Gasteiger partial charge in [0.1, 0.15) is 30.3 Å². The number of fused-ring (bicyclic) bond motifs is 1. The number of ether oxygens (including phenoxy) is 3. The molecule has 4 aromatic rings. The van der Waals surface area contributed by atoms with E-state index in [0.717, 1.165) is 26.1 Å². The van der Waals surface area contributed by atoms with Crippen molar-refractivity contribution in [2.45, 2.75) is 19.1 Å². The largest absolute Gasteiger partial charge is 0.491 e. The number of rotatable bonds is 13. The second-order valence-electron chi connectivity index (χ2n) is 9.61. The molecule has 5 rings (SSSR count). The highest BCUT2D eigenvalue weighted by molar-refractivity contribution is 6.32. The topological polar surface area (TPSA) is 111 Å². The van der Waals surface area contributed by atoms with Crippen LogP contribution in [0.1, 0.15) is 12.1 Å². The molecule has 0 radical (unpaired) electrons. The fraction of sp³-hybridized carbons (Fsp3) is 0.267. The van der Waals surface area contributed by atoms with E-state index in [1.807, 2.05) is 0 Å². The minimum atomic E-state index is -0.576. The molecule has 1 aliphatic rings. The van der Waals surface area contributed by atoms with E-state index in [1.165, 1.54) is 18.5 Å². The lowest BCUT2D eigenvalue weighted by atomic mass is 10.1. The third kappa shape index (κ3) is 7.30. The van der Waals surface area contributed by atoms with Gasteiger partial charge in [-0.2, -0.15) is 4.39 Å². The van der Waals surface area contributed by atoms with Gasteiger partial charge in [0, 0.05) is 43.9 Å². The monoisotopic (exact) mass is 592 g/mol. The van der Waals surface area contributed by atoms with Crippen LogP contribution in [-0.2, 0) is 16.1 Å². The minimum Gasteiger partial charge on any atom is -0.491 e. The Morgan fingerprint density at radius 1 is 1.17 bits per heavy atom. The van der Waals surface area contributed by atoms with Gasteiger partial charge >= 0.3 is 0 Å². The number of likely N-dealkylation sites (tertiary alicyclic amines) is 1. The Labute approximate surface area is 247 Å². The Balaban J connectivity index is 1.30. The fourth-order valence-electron chi connectivity index (χ4n) is 4.42. The lowest BCUT2D eigenvalue weighted by Gasteiger charge is -2.38. The summed E-state index contributed by atoms with van der Waals surface area (Å²) in [5.41, 5.74) is 2.19. The number of hydrogen-bond donors (Lipinski definition) is 2. The predicted molar refractivity (Wildman–Crippen MR) is 159 cm³/mol. The molecular weight excluding hydrogens is 563 g/mol. The normalized spacial score (nSPS) is 13.4. The fourth-order valence-corrected chi connectivity index (χ4v) is 4.66. The van der Waals surface area contributed by atoms with Crippen LogP contribution in [0.5, 0.6) is 11.5 Å². The van der Waals surface area contributed by atoms with Gasteiger partial charge in [0.2, 0.25) is 11.9 Å². The molecule has 1 fully saturated rings. The first-order valence-electron chi connectivity index (χ1n) is 13.3. The summed E-state index contributed by atoms with van der Waals surface area (Å²) >= 11 is 6.46. The molecule has 0 bridgehead atoms. The second kappa shape index (κ2) is 13.6. The van der Waals surface area contributed by atoms with E-state index in [0.29, 0.717) is 63.0 Å². The average Bonchev–Trinajstić information content (AvgIpc) is 2.96. The molecule has 10 nitrogen and oxygen atoms in total. The molecule has 12 heteroatoms. The third-order valence-electron chi connectivity index (χ3n) is 6.66. The number of benzene rings is 2. The molecule has 42 heavy (non-hydrogen) atoms. The van der Waals surface area contributed by atoms with Crippen LogP contribution >= 0.6 is 11.6 Å². The Morgan fingerprint density at radius 2 is 2.02 bits per heavy atom.